The van der Waals surface area contributed by atoms with Crippen molar-refractivity contribution in [2.75, 3.05) is 6.54 Å². The fourth-order valence-corrected chi connectivity index (χ4v) is 9.36. The molecule has 0 unspecified atom stereocenters. The van der Waals surface area contributed by atoms with E-state index in [2.05, 4.69) is 95.8 Å². The van der Waals surface area contributed by atoms with Crippen molar-refractivity contribution in [3.05, 3.63) is 107 Å². The van der Waals surface area contributed by atoms with Gasteiger partial charge in [-0.2, -0.15) is 4.58 Å². The van der Waals surface area contributed by atoms with Crippen molar-refractivity contribution in [2.45, 2.75) is 149 Å². The Bertz CT molecular complexity index is 2270. The first-order valence-corrected chi connectivity index (χ1v) is 22.5. The molecule has 1 aliphatic heterocycles. The topological polar surface area (TPSA) is 45.2 Å². The number of rotatable bonds is 24. The second-order valence-corrected chi connectivity index (χ2v) is 16.6. The number of carbonyl (C=O) groups is 1. The maximum Gasteiger partial charge on any atom is 0.214 e. The van der Waals surface area contributed by atoms with E-state index in [0.717, 1.165) is 47.9 Å². The summed E-state index contributed by atoms with van der Waals surface area (Å²) in [7, 11) is 0. The largest absolute Gasteiger partial charge is 0.506 e. The lowest BCUT2D eigenvalue weighted by molar-refractivity contribution is -0.436. The highest BCUT2D eigenvalue weighted by Gasteiger charge is 2.37. The molecule has 1 aliphatic carbocycles. The molecule has 0 spiro atoms. The van der Waals surface area contributed by atoms with Crippen LogP contribution in [-0.4, -0.2) is 32.3 Å². The van der Waals surface area contributed by atoms with Gasteiger partial charge < -0.3 is 9.67 Å². The number of carbonyl (C=O) groups excluding carboxylic acids is 1. The molecule has 294 valence electrons. The second-order valence-electron chi connectivity index (χ2n) is 16.6. The molecule has 0 saturated carbocycles. The lowest BCUT2D eigenvalue weighted by Gasteiger charge is -2.18. The summed E-state index contributed by atoms with van der Waals surface area (Å²) in [5.74, 6) is 0.0329. The van der Waals surface area contributed by atoms with Crippen LogP contribution in [0.1, 0.15) is 148 Å². The molecule has 5 aromatic rings. The number of aromatic nitrogens is 1. The van der Waals surface area contributed by atoms with Gasteiger partial charge in [0.2, 0.25) is 17.2 Å². The molecule has 0 bridgehead atoms. The van der Waals surface area contributed by atoms with Gasteiger partial charge in [-0.1, -0.05) is 178 Å². The number of benzene rings is 4. The first-order chi connectivity index (χ1) is 27.6. The highest BCUT2D eigenvalue weighted by molar-refractivity contribution is 6.29. The van der Waals surface area contributed by atoms with E-state index in [1.807, 2.05) is 12.2 Å². The molecule has 2 heterocycles. The number of aliphatic hydroxyl groups excluding tert-OH is 1. The summed E-state index contributed by atoms with van der Waals surface area (Å²) in [5, 5.41) is 18.8. The summed E-state index contributed by atoms with van der Waals surface area (Å²) < 4.78 is 4.80. The molecule has 1 N–H and O–H groups in total. The zero-order valence-corrected chi connectivity index (χ0v) is 34.4. The summed E-state index contributed by atoms with van der Waals surface area (Å²) in [5.41, 5.74) is 5.41. The Morgan fingerprint density at radius 2 is 1.12 bits per heavy atom. The van der Waals surface area contributed by atoms with Crippen molar-refractivity contribution < 1.29 is 14.5 Å². The Morgan fingerprint density at radius 1 is 0.589 bits per heavy atom. The monoisotopic (exact) mass is 750 g/mol. The van der Waals surface area contributed by atoms with E-state index in [4.69, 9.17) is 0 Å². The third-order valence-corrected chi connectivity index (χ3v) is 12.5. The van der Waals surface area contributed by atoms with E-state index in [1.54, 1.807) is 0 Å². The molecule has 0 radical (unpaired) electrons. The average molecular weight is 750 g/mol. The maximum absolute atomic E-state index is 14.1. The average Bonchev–Trinajstić information content (AvgIpc) is 3.70. The standard InChI is InChI=1S/C52H64N2O2/c1-3-5-7-9-11-13-15-17-19-21-35-53-45-33-25-29-39-27-23-31-41(49(39)45)47(53)37-43-51(55)44(52(43)56)38-48-42-32-24-28-40-30-26-34-46(50(40)42)54(48)36-22-20-18-16-14-12-10-8-6-4-2/h23-34,37-38H,3-22,35-36H2,1-2H3/p+1. The number of allylic oxidation sites excluding steroid dienone is 3. The first kappa shape index (κ1) is 39.8. The number of hydrogen-bond acceptors (Lipinski definition) is 2. The number of Topliss-reactive ketones (excluding diaryl/α,β-unsaturated/α-hetero) is 1. The van der Waals surface area contributed by atoms with E-state index in [9.17, 15) is 9.90 Å². The summed E-state index contributed by atoms with van der Waals surface area (Å²) in [6, 6.07) is 26.0. The van der Waals surface area contributed by atoms with E-state index in [1.165, 1.54) is 148 Å². The summed E-state index contributed by atoms with van der Waals surface area (Å²) >= 11 is 0. The van der Waals surface area contributed by atoms with Crippen LogP contribution in [0.15, 0.2) is 95.8 Å². The van der Waals surface area contributed by atoms with Crippen LogP contribution in [0.5, 0.6) is 0 Å². The van der Waals surface area contributed by atoms with Gasteiger partial charge in [0.25, 0.3) is 0 Å². The molecule has 7 rings (SSSR count). The van der Waals surface area contributed by atoms with Gasteiger partial charge in [-0.05, 0) is 41.8 Å². The van der Waals surface area contributed by atoms with Crippen molar-refractivity contribution in [3.63, 3.8) is 0 Å². The van der Waals surface area contributed by atoms with Gasteiger partial charge in [0.05, 0.1) is 22.1 Å². The minimum absolute atomic E-state index is 0.0773. The Labute approximate surface area is 335 Å². The van der Waals surface area contributed by atoms with Crippen molar-refractivity contribution >= 4 is 55.7 Å². The SMILES string of the molecule is CCCCCCCCCCCCn1c(=CC2=C(O)C(=CC3=[N+](CCCCCCCCCCCC)c4cccc5cccc3c45)C2=O)c2cccc3cccc1c32. The Hall–Kier alpha value is -4.44. The molecule has 4 nitrogen and oxygen atoms in total. The van der Waals surface area contributed by atoms with Crippen molar-refractivity contribution in [1.29, 1.82) is 0 Å². The van der Waals surface area contributed by atoms with Crippen LogP contribution in [0.3, 0.4) is 0 Å². The molecule has 1 aromatic heterocycles. The third kappa shape index (κ3) is 8.75. The normalized spacial score (nSPS) is 15.2. The van der Waals surface area contributed by atoms with E-state index >= 15 is 0 Å². The predicted octanol–water partition coefficient (Wildman–Crippen LogP) is 13.8. The van der Waals surface area contributed by atoms with Crippen molar-refractivity contribution in [1.82, 2.24) is 4.57 Å². The van der Waals surface area contributed by atoms with Crippen LogP contribution < -0.4 is 5.35 Å². The van der Waals surface area contributed by atoms with Crippen LogP contribution in [-0.2, 0) is 11.3 Å². The summed E-state index contributed by atoms with van der Waals surface area (Å²) in [6.45, 7) is 6.35. The molecule has 0 saturated heterocycles. The van der Waals surface area contributed by atoms with Gasteiger partial charge in [0.1, 0.15) is 12.3 Å². The Balaban J connectivity index is 1.11. The fraction of sp³-hybridized carbons (Fsp3) is 0.462. The minimum Gasteiger partial charge on any atom is -0.506 e. The number of hydrogen-bond donors (Lipinski definition) is 1. The molecule has 56 heavy (non-hydrogen) atoms. The molecular weight excluding hydrogens is 685 g/mol. The van der Waals surface area contributed by atoms with Gasteiger partial charge in [-0.15, -0.1) is 0 Å². The van der Waals surface area contributed by atoms with E-state index in [-0.39, 0.29) is 11.5 Å². The Morgan fingerprint density at radius 3 is 1.75 bits per heavy atom. The predicted molar refractivity (Wildman–Crippen MR) is 238 cm³/mol. The highest BCUT2D eigenvalue weighted by Crippen LogP contribution is 2.38. The van der Waals surface area contributed by atoms with Gasteiger partial charge >= 0.3 is 0 Å². The maximum atomic E-state index is 14.1. The minimum atomic E-state index is -0.0773. The van der Waals surface area contributed by atoms with Crippen LogP contribution >= 0.6 is 0 Å². The molecule has 0 atom stereocenters. The van der Waals surface area contributed by atoms with Crippen LogP contribution in [0, 0.1) is 0 Å². The van der Waals surface area contributed by atoms with E-state index < -0.39 is 0 Å². The van der Waals surface area contributed by atoms with Gasteiger partial charge in [0, 0.05) is 46.7 Å². The van der Waals surface area contributed by atoms with Gasteiger partial charge in [0.15, 0.2) is 0 Å². The lowest BCUT2D eigenvalue weighted by atomic mass is 9.86. The molecule has 0 fully saturated rings. The quantitative estimate of drug-likeness (QED) is 0.0388. The van der Waals surface area contributed by atoms with Crippen LogP contribution in [0.25, 0.3) is 38.5 Å². The van der Waals surface area contributed by atoms with Crippen LogP contribution in [0.2, 0.25) is 0 Å². The number of aliphatic hydroxyl groups is 1. The highest BCUT2D eigenvalue weighted by atomic mass is 16.3. The number of nitrogens with zero attached hydrogens (tertiary/aromatic N) is 2. The molecule has 4 heteroatoms. The molecule has 2 aliphatic rings. The third-order valence-electron chi connectivity index (χ3n) is 12.5. The molecule has 0 amide bonds. The second kappa shape index (κ2) is 19.6. The van der Waals surface area contributed by atoms with Crippen molar-refractivity contribution in [2.24, 2.45) is 0 Å². The zero-order chi connectivity index (χ0) is 38.7. The summed E-state index contributed by atoms with van der Waals surface area (Å²) in [4.78, 5) is 14.1. The summed E-state index contributed by atoms with van der Waals surface area (Å²) in [6.07, 6.45) is 29.9. The van der Waals surface area contributed by atoms with E-state index in [0.29, 0.717) is 11.1 Å². The molecule has 4 aromatic carbocycles. The number of unbranched alkanes of at least 4 members (excludes halogenated alkanes) is 18. The van der Waals surface area contributed by atoms with Gasteiger partial charge in [-0.25, -0.2) is 0 Å². The Kier molecular flexibility index (Phi) is 13.9. The first-order valence-electron chi connectivity index (χ1n) is 22.5. The smallest absolute Gasteiger partial charge is 0.214 e. The van der Waals surface area contributed by atoms with Gasteiger partial charge in [-0.3, -0.25) is 4.79 Å². The van der Waals surface area contributed by atoms with Crippen molar-refractivity contribution in [3.8, 4) is 0 Å². The van der Waals surface area contributed by atoms with Crippen LogP contribution in [0.4, 0.5) is 5.69 Å². The zero-order valence-electron chi connectivity index (χ0n) is 34.4. The molecular formula is C52H65N2O2+. The lowest BCUT2D eigenvalue weighted by Crippen LogP contribution is -2.26. The fourth-order valence-electron chi connectivity index (χ4n) is 9.36. The number of ketones is 1. The number of aryl methyl sites for hydroxylation is 1.